The summed E-state index contributed by atoms with van der Waals surface area (Å²) in [7, 11) is 1.67. The molecule has 0 radical (unpaired) electrons. The number of imidazole rings is 1. The zero-order valence-corrected chi connectivity index (χ0v) is 12.9. The monoisotopic (exact) mass is 317 g/mol. The van der Waals surface area contributed by atoms with Crippen LogP contribution in [-0.2, 0) is 23.2 Å². The normalized spacial score (nSPS) is 18.3. The lowest BCUT2D eigenvalue weighted by Gasteiger charge is -2.30. The maximum atomic E-state index is 12.5. The van der Waals surface area contributed by atoms with Crippen molar-refractivity contribution in [3.05, 3.63) is 34.7 Å². The number of carbonyl (C=O) groups is 2. The summed E-state index contributed by atoms with van der Waals surface area (Å²) >= 11 is 0. The number of carboxylic acid groups (broad SMARTS) is 1. The standard InChI is InChI=1S/C16H19N3O4/c1-17-12-6-2-3-7-13(12)19(16(17)23)10-14(20)18-8-4-5-11(9-18)15(21)22/h2-3,6-7,11H,4-5,8-10H2,1H3,(H,21,22)/t11-/m0/s1. The molecule has 122 valence electrons. The SMILES string of the molecule is Cn1c(=O)n(CC(=O)N2CCC[C@H](C(=O)O)C2)c2ccccc21. The molecular weight excluding hydrogens is 298 g/mol. The summed E-state index contributed by atoms with van der Waals surface area (Å²) < 4.78 is 2.96. The minimum absolute atomic E-state index is 0.0630. The van der Waals surface area contributed by atoms with Crippen LogP contribution in [0.1, 0.15) is 12.8 Å². The summed E-state index contributed by atoms with van der Waals surface area (Å²) in [6, 6.07) is 7.31. The molecule has 0 saturated carbocycles. The van der Waals surface area contributed by atoms with Crippen molar-refractivity contribution < 1.29 is 14.7 Å². The largest absolute Gasteiger partial charge is 0.481 e. The molecule has 0 bridgehead atoms. The van der Waals surface area contributed by atoms with Crippen molar-refractivity contribution >= 4 is 22.9 Å². The molecule has 1 aliphatic heterocycles. The smallest absolute Gasteiger partial charge is 0.329 e. The minimum Gasteiger partial charge on any atom is -0.481 e. The van der Waals surface area contributed by atoms with E-state index in [1.165, 1.54) is 9.13 Å². The Labute approximate surface area is 132 Å². The van der Waals surface area contributed by atoms with Crippen LogP contribution in [0.5, 0.6) is 0 Å². The molecule has 23 heavy (non-hydrogen) atoms. The Morgan fingerprint density at radius 3 is 2.65 bits per heavy atom. The van der Waals surface area contributed by atoms with Crippen molar-refractivity contribution in [1.82, 2.24) is 14.0 Å². The van der Waals surface area contributed by atoms with Gasteiger partial charge in [-0.3, -0.25) is 18.7 Å². The van der Waals surface area contributed by atoms with Crippen LogP contribution in [0.25, 0.3) is 11.0 Å². The molecule has 7 nitrogen and oxygen atoms in total. The summed E-state index contributed by atoms with van der Waals surface area (Å²) in [5.41, 5.74) is 1.24. The molecule has 0 unspecified atom stereocenters. The van der Waals surface area contributed by atoms with Crippen LogP contribution in [0.15, 0.2) is 29.1 Å². The van der Waals surface area contributed by atoms with Gasteiger partial charge in [-0.15, -0.1) is 0 Å². The third kappa shape index (κ3) is 2.74. The molecule has 1 aromatic heterocycles. The fraction of sp³-hybridized carbons (Fsp3) is 0.438. The third-order valence-electron chi connectivity index (χ3n) is 4.47. The van der Waals surface area contributed by atoms with Gasteiger partial charge in [-0.05, 0) is 25.0 Å². The molecule has 1 amide bonds. The fourth-order valence-electron chi connectivity index (χ4n) is 3.16. The van der Waals surface area contributed by atoms with E-state index in [1.807, 2.05) is 18.2 Å². The lowest BCUT2D eigenvalue weighted by Crippen LogP contribution is -2.44. The highest BCUT2D eigenvalue weighted by Gasteiger charge is 2.28. The van der Waals surface area contributed by atoms with E-state index in [1.54, 1.807) is 18.0 Å². The Morgan fingerprint density at radius 2 is 1.96 bits per heavy atom. The molecule has 2 heterocycles. The van der Waals surface area contributed by atoms with Crippen LogP contribution >= 0.6 is 0 Å². The first-order chi connectivity index (χ1) is 11.0. The second-order valence-corrected chi connectivity index (χ2v) is 5.93. The predicted octanol–water partition coefficient (Wildman–Crippen LogP) is 0.663. The summed E-state index contributed by atoms with van der Waals surface area (Å²) in [6.07, 6.45) is 1.26. The average Bonchev–Trinajstić information content (AvgIpc) is 2.80. The van der Waals surface area contributed by atoms with E-state index >= 15 is 0 Å². The van der Waals surface area contributed by atoms with Gasteiger partial charge in [0, 0.05) is 20.1 Å². The second kappa shape index (κ2) is 5.91. The highest BCUT2D eigenvalue weighted by molar-refractivity contribution is 5.81. The van der Waals surface area contributed by atoms with Gasteiger partial charge in [-0.25, -0.2) is 4.79 Å². The number of carbonyl (C=O) groups excluding carboxylic acids is 1. The molecule has 0 aliphatic carbocycles. The highest BCUT2D eigenvalue weighted by atomic mass is 16.4. The number of aromatic nitrogens is 2. The molecular formula is C16H19N3O4. The number of aliphatic carboxylic acids is 1. The van der Waals surface area contributed by atoms with Gasteiger partial charge in [0.25, 0.3) is 0 Å². The molecule has 1 N–H and O–H groups in total. The zero-order chi connectivity index (χ0) is 16.6. The number of rotatable bonds is 3. The van der Waals surface area contributed by atoms with Gasteiger partial charge in [0.15, 0.2) is 0 Å². The van der Waals surface area contributed by atoms with Crippen molar-refractivity contribution in [3.8, 4) is 0 Å². The van der Waals surface area contributed by atoms with Crippen molar-refractivity contribution in [1.29, 1.82) is 0 Å². The van der Waals surface area contributed by atoms with E-state index in [4.69, 9.17) is 5.11 Å². The Bertz CT molecular complexity index is 820. The van der Waals surface area contributed by atoms with Crippen LogP contribution in [0.2, 0.25) is 0 Å². The Kier molecular flexibility index (Phi) is 3.94. The number of hydrogen-bond acceptors (Lipinski definition) is 3. The van der Waals surface area contributed by atoms with Crippen molar-refractivity contribution in [2.75, 3.05) is 13.1 Å². The number of amides is 1. The molecule has 7 heteroatoms. The molecule has 0 spiro atoms. The maximum Gasteiger partial charge on any atom is 0.329 e. The van der Waals surface area contributed by atoms with Crippen LogP contribution in [0.4, 0.5) is 0 Å². The van der Waals surface area contributed by atoms with Crippen LogP contribution in [-0.4, -0.2) is 44.1 Å². The first kappa shape index (κ1) is 15.3. The van der Waals surface area contributed by atoms with E-state index in [0.717, 1.165) is 5.52 Å². The number of fused-ring (bicyclic) bond motifs is 1. The first-order valence-corrected chi connectivity index (χ1v) is 7.64. The quantitative estimate of drug-likeness (QED) is 0.901. The lowest BCUT2D eigenvalue weighted by molar-refractivity contribution is -0.145. The van der Waals surface area contributed by atoms with Crippen LogP contribution < -0.4 is 5.69 Å². The molecule has 2 aromatic rings. The molecule has 1 fully saturated rings. The molecule has 1 aliphatic rings. The third-order valence-corrected chi connectivity index (χ3v) is 4.47. The van der Waals surface area contributed by atoms with Crippen LogP contribution in [0.3, 0.4) is 0 Å². The van der Waals surface area contributed by atoms with Gasteiger partial charge in [0.2, 0.25) is 5.91 Å². The maximum absolute atomic E-state index is 12.5. The molecule has 1 saturated heterocycles. The van der Waals surface area contributed by atoms with E-state index in [9.17, 15) is 14.4 Å². The highest BCUT2D eigenvalue weighted by Crippen LogP contribution is 2.18. The van der Waals surface area contributed by atoms with Gasteiger partial charge in [-0.2, -0.15) is 0 Å². The first-order valence-electron chi connectivity index (χ1n) is 7.64. The van der Waals surface area contributed by atoms with Gasteiger partial charge < -0.3 is 10.0 Å². The van der Waals surface area contributed by atoms with Crippen molar-refractivity contribution in [2.24, 2.45) is 13.0 Å². The Morgan fingerprint density at radius 1 is 1.26 bits per heavy atom. The number of nitrogens with zero attached hydrogens (tertiary/aromatic N) is 3. The molecule has 1 atom stereocenters. The number of piperidine rings is 1. The van der Waals surface area contributed by atoms with E-state index in [-0.39, 0.29) is 24.7 Å². The number of benzene rings is 1. The topological polar surface area (TPSA) is 84.5 Å². The summed E-state index contributed by atoms with van der Waals surface area (Å²) in [4.78, 5) is 37.5. The molecule has 3 rings (SSSR count). The Balaban J connectivity index is 1.85. The van der Waals surface area contributed by atoms with Gasteiger partial charge in [-0.1, -0.05) is 12.1 Å². The number of para-hydroxylation sites is 2. The minimum atomic E-state index is -0.871. The van der Waals surface area contributed by atoms with E-state index in [0.29, 0.717) is 24.9 Å². The lowest BCUT2D eigenvalue weighted by atomic mass is 9.98. The molecule has 1 aromatic carbocycles. The summed E-state index contributed by atoms with van der Waals surface area (Å²) in [5.74, 6) is -1.60. The van der Waals surface area contributed by atoms with E-state index in [2.05, 4.69) is 0 Å². The zero-order valence-electron chi connectivity index (χ0n) is 12.9. The van der Waals surface area contributed by atoms with Crippen LogP contribution in [0, 0.1) is 5.92 Å². The van der Waals surface area contributed by atoms with E-state index < -0.39 is 11.9 Å². The van der Waals surface area contributed by atoms with Gasteiger partial charge >= 0.3 is 11.7 Å². The van der Waals surface area contributed by atoms with Gasteiger partial charge in [0.1, 0.15) is 6.54 Å². The Hall–Kier alpha value is -2.57. The summed E-state index contributed by atoms with van der Waals surface area (Å²) in [5, 5.41) is 9.12. The van der Waals surface area contributed by atoms with Crippen molar-refractivity contribution in [3.63, 3.8) is 0 Å². The average molecular weight is 317 g/mol. The second-order valence-electron chi connectivity index (χ2n) is 5.93. The van der Waals surface area contributed by atoms with Gasteiger partial charge in [0.05, 0.1) is 17.0 Å². The number of likely N-dealkylation sites (tertiary alicyclic amines) is 1. The number of carboxylic acids is 1. The fourth-order valence-corrected chi connectivity index (χ4v) is 3.16. The number of aryl methyl sites for hydroxylation is 1. The van der Waals surface area contributed by atoms with Crippen molar-refractivity contribution in [2.45, 2.75) is 19.4 Å². The summed E-state index contributed by atoms with van der Waals surface area (Å²) in [6.45, 7) is 0.697. The number of hydrogen-bond donors (Lipinski definition) is 1. The predicted molar refractivity (Wildman–Crippen MR) is 84.1 cm³/mol.